The van der Waals surface area contributed by atoms with Gasteiger partial charge in [-0.3, -0.25) is 10.1 Å². The summed E-state index contributed by atoms with van der Waals surface area (Å²) in [5.74, 6) is 0.679. The first kappa shape index (κ1) is 15.5. The van der Waals surface area contributed by atoms with Gasteiger partial charge < -0.3 is 10.1 Å². The highest BCUT2D eigenvalue weighted by Gasteiger charge is 2.19. The summed E-state index contributed by atoms with van der Waals surface area (Å²) >= 11 is 9.32. The summed E-state index contributed by atoms with van der Waals surface area (Å²) in [6, 6.07) is 7.83. The maximum Gasteiger partial charge on any atom is 0.331 e. The van der Waals surface area contributed by atoms with Crippen LogP contribution in [0, 0.1) is 10.1 Å². The molecule has 0 saturated heterocycles. The number of halogens is 2. The van der Waals surface area contributed by atoms with Crippen molar-refractivity contribution in [3.63, 3.8) is 0 Å². The molecule has 1 heterocycles. The molecule has 1 N–H and O–H groups in total. The molecular weight excluding hydrogens is 362 g/mol. The van der Waals surface area contributed by atoms with Crippen molar-refractivity contribution < 1.29 is 9.66 Å². The molecule has 21 heavy (non-hydrogen) atoms. The fourth-order valence-corrected chi connectivity index (χ4v) is 2.30. The molecule has 110 valence electrons. The van der Waals surface area contributed by atoms with Crippen molar-refractivity contribution in [3.8, 4) is 11.6 Å². The average molecular weight is 373 g/mol. The first-order chi connectivity index (χ1) is 10.0. The molecule has 0 bridgehead atoms. The van der Waals surface area contributed by atoms with Crippen LogP contribution in [-0.2, 0) is 0 Å². The van der Waals surface area contributed by atoms with Gasteiger partial charge in [-0.15, -0.1) is 0 Å². The number of aromatic nitrogens is 1. The zero-order valence-corrected chi connectivity index (χ0v) is 13.3. The number of pyridine rings is 1. The lowest BCUT2D eigenvalue weighted by Crippen LogP contribution is -2.02. The average Bonchev–Trinajstić information content (AvgIpc) is 2.42. The first-order valence-corrected chi connectivity index (χ1v) is 7.20. The van der Waals surface area contributed by atoms with Gasteiger partial charge in [0.1, 0.15) is 11.6 Å². The number of anilines is 1. The van der Waals surface area contributed by atoms with E-state index in [2.05, 4.69) is 26.2 Å². The SMILES string of the molecule is CCNc1ccc([N+](=O)[O-])c(Oc2ccc(Br)cc2Cl)n1. The minimum atomic E-state index is -0.551. The van der Waals surface area contributed by atoms with Gasteiger partial charge in [0.05, 0.1) is 9.95 Å². The summed E-state index contributed by atoms with van der Waals surface area (Å²) in [7, 11) is 0. The summed E-state index contributed by atoms with van der Waals surface area (Å²) in [6.45, 7) is 2.54. The van der Waals surface area contributed by atoms with Gasteiger partial charge in [-0.1, -0.05) is 27.5 Å². The molecule has 0 amide bonds. The third-order valence-electron chi connectivity index (χ3n) is 2.50. The Morgan fingerprint density at radius 1 is 1.43 bits per heavy atom. The normalized spacial score (nSPS) is 10.2. The molecule has 2 rings (SSSR count). The standard InChI is InChI=1S/C13H11BrClN3O3/c1-2-16-12-6-4-10(18(19)20)13(17-12)21-11-5-3-8(14)7-9(11)15/h3-7H,2H2,1H3,(H,16,17). The van der Waals surface area contributed by atoms with Crippen molar-refractivity contribution in [3.05, 3.63) is 49.9 Å². The third kappa shape index (κ3) is 3.83. The fraction of sp³-hybridized carbons (Fsp3) is 0.154. The topological polar surface area (TPSA) is 77.3 Å². The van der Waals surface area contributed by atoms with Crippen LogP contribution in [0.5, 0.6) is 11.6 Å². The fourth-order valence-electron chi connectivity index (χ4n) is 1.59. The van der Waals surface area contributed by atoms with Crippen molar-refractivity contribution in [2.24, 2.45) is 0 Å². The van der Waals surface area contributed by atoms with Gasteiger partial charge in [-0.25, -0.2) is 0 Å². The van der Waals surface area contributed by atoms with E-state index < -0.39 is 4.92 Å². The number of nitrogens with one attached hydrogen (secondary N) is 1. The summed E-state index contributed by atoms with van der Waals surface area (Å²) in [6.07, 6.45) is 0. The van der Waals surface area contributed by atoms with Crippen molar-refractivity contribution in [1.29, 1.82) is 0 Å². The van der Waals surface area contributed by atoms with Gasteiger partial charge in [0.15, 0.2) is 0 Å². The number of hydrogen-bond donors (Lipinski definition) is 1. The quantitative estimate of drug-likeness (QED) is 0.611. The molecule has 8 heteroatoms. The Morgan fingerprint density at radius 3 is 2.81 bits per heavy atom. The van der Waals surface area contributed by atoms with E-state index in [1.807, 2.05) is 6.92 Å². The van der Waals surface area contributed by atoms with Crippen LogP contribution in [0.4, 0.5) is 11.5 Å². The van der Waals surface area contributed by atoms with Crippen LogP contribution >= 0.6 is 27.5 Å². The van der Waals surface area contributed by atoms with E-state index in [9.17, 15) is 10.1 Å². The van der Waals surface area contributed by atoms with Gasteiger partial charge in [0.2, 0.25) is 0 Å². The maximum absolute atomic E-state index is 11.0. The van der Waals surface area contributed by atoms with Crippen molar-refractivity contribution in [1.82, 2.24) is 4.98 Å². The monoisotopic (exact) mass is 371 g/mol. The molecule has 1 aromatic heterocycles. The molecule has 0 aliphatic rings. The summed E-state index contributed by atoms with van der Waals surface area (Å²) in [5.41, 5.74) is -0.226. The molecule has 2 aromatic rings. The number of nitrogens with zero attached hydrogens (tertiary/aromatic N) is 2. The number of rotatable bonds is 5. The number of benzene rings is 1. The van der Waals surface area contributed by atoms with E-state index in [1.54, 1.807) is 18.2 Å². The minimum Gasteiger partial charge on any atom is -0.432 e. The lowest BCUT2D eigenvalue weighted by atomic mass is 10.3. The molecule has 0 spiro atoms. The summed E-state index contributed by atoms with van der Waals surface area (Å²) in [5, 5.41) is 14.3. The number of nitro groups is 1. The van der Waals surface area contributed by atoms with Crippen molar-refractivity contribution in [2.75, 3.05) is 11.9 Å². The molecule has 0 saturated carbocycles. The number of hydrogen-bond acceptors (Lipinski definition) is 5. The van der Waals surface area contributed by atoms with Crippen molar-refractivity contribution in [2.45, 2.75) is 6.92 Å². The zero-order chi connectivity index (χ0) is 15.4. The third-order valence-corrected chi connectivity index (χ3v) is 3.28. The molecule has 0 atom stereocenters. The molecule has 1 aromatic carbocycles. The predicted octanol–water partition coefficient (Wildman–Crippen LogP) is 4.63. The minimum absolute atomic E-state index is 0.109. The van der Waals surface area contributed by atoms with Crippen LogP contribution in [0.3, 0.4) is 0 Å². The van der Waals surface area contributed by atoms with E-state index in [4.69, 9.17) is 16.3 Å². The zero-order valence-electron chi connectivity index (χ0n) is 11.0. The van der Waals surface area contributed by atoms with Crippen LogP contribution < -0.4 is 10.1 Å². The largest absolute Gasteiger partial charge is 0.432 e. The van der Waals surface area contributed by atoms with Gasteiger partial charge in [0.25, 0.3) is 0 Å². The Kier molecular flexibility index (Phi) is 4.98. The molecule has 6 nitrogen and oxygen atoms in total. The van der Waals surface area contributed by atoms with Gasteiger partial charge in [-0.05, 0) is 31.2 Å². The Morgan fingerprint density at radius 2 is 2.19 bits per heavy atom. The van der Waals surface area contributed by atoms with Crippen LogP contribution in [0.2, 0.25) is 5.02 Å². The van der Waals surface area contributed by atoms with E-state index in [0.717, 1.165) is 4.47 Å². The second-order valence-electron chi connectivity index (χ2n) is 3.99. The van der Waals surface area contributed by atoms with Gasteiger partial charge >= 0.3 is 11.6 Å². The van der Waals surface area contributed by atoms with E-state index in [-0.39, 0.29) is 11.6 Å². The van der Waals surface area contributed by atoms with Crippen LogP contribution in [-0.4, -0.2) is 16.5 Å². The summed E-state index contributed by atoms with van der Waals surface area (Å²) < 4.78 is 6.28. The highest BCUT2D eigenvalue weighted by atomic mass is 79.9. The predicted molar refractivity (Wildman–Crippen MR) is 84.3 cm³/mol. The van der Waals surface area contributed by atoms with Crippen molar-refractivity contribution >= 4 is 39.0 Å². The molecular formula is C13H11BrClN3O3. The molecule has 0 unspecified atom stereocenters. The van der Waals surface area contributed by atoms with Gasteiger partial charge in [0, 0.05) is 17.1 Å². The van der Waals surface area contributed by atoms with E-state index in [1.165, 1.54) is 12.1 Å². The second-order valence-corrected chi connectivity index (χ2v) is 5.31. The smallest absolute Gasteiger partial charge is 0.331 e. The van der Waals surface area contributed by atoms with E-state index >= 15 is 0 Å². The Hall–Kier alpha value is -1.86. The lowest BCUT2D eigenvalue weighted by molar-refractivity contribution is -0.386. The molecule has 0 radical (unpaired) electrons. The molecule has 0 aliphatic carbocycles. The van der Waals surface area contributed by atoms with Crippen LogP contribution in [0.15, 0.2) is 34.8 Å². The van der Waals surface area contributed by atoms with Gasteiger partial charge in [-0.2, -0.15) is 4.98 Å². The molecule has 0 fully saturated rings. The second kappa shape index (κ2) is 6.73. The Bertz CT molecular complexity index is 682. The lowest BCUT2D eigenvalue weighted by Gasteiger charge is -2.09. The van der Waals surface area contributed by atoms with Crippen LogP contribution in [0.1, 0.15) is 6.92 Å². The van der Waals surface area contributed by atoms with Crippen LogP contribution in [0.25, 0.3) is 0 Å². The van der Waals surface area contributed by atoms with E-state index in [0.29, 0.717) is 23.1 Å². The number of ether oxygens (including phenoxy) is 1. The highest BCUT2D eigenvalue weighted by Crippen LogP contribution is 2.35. The molecule has 0 aliphatic heterocycles. The Balaban J connectivity index is 2.40. The Labute approximate surface area is 134 Å². The maximum atomic E-state index is 11.0. The summed E-state index contributed by atoms with van der Waals surface area (Å²) in [4.78, 5) is 14.6. The highest BCUT2D eigenvalue weighted by molar-refractivity contribution is 9.10. The first-order valence-electron chi connectivity index (χ1n) is 6.03.